The van der Waals surface area contributed by atoms with E-state index < -0.39 is 0 Å². The van der Waals surface area contributed by atoms with Gasteiger partial charge in [-0.25, -0.2) is 4.39 Å². The maximum atomic E-state index is 12.8. The van der Waals surface area contributed by atoms with E-state index in [-0.39, 0.29) is 17.6 Å². The minimum Gasteiger partial charge on any atom is -0.316 e. The summed E-state index contributed by atoms with van der Waals surface area (Å²) in [5.41, 5.74) is 0.732. The summed E-state index contributed by atoms with van der Waals surface area (Å²) in [6.45, 7) is 3.68. The van der Waals surface area contributed by atoms with Crippen LogP contribution in [0.4, 0.5) is 10.1 Å². The minimum atomic E-state index is -0.287. The molecule has 17 heavy (non-hydrogen) atoms. The zero-order chi connectivity index (χ0) is 12.4. The number of amides is 1. The maximum absolute atomic E-state index is 12.8. The molecular weight excluding hydrogens is 219 g/mol. The van der Waals surface area contributed by atoms with Gasteiger partial charge in [-0.15, -0.1) is 0 Å². The molecule has 2 unspecified atom stereocenters. The molecule has 1 aliphatic rings. The number of anilines is 1. The third kappa shape index (κ3) is 2.47. The van der Waals surface area contributed by atoms with E-state index in [0.29, 0.717) is 5.92 Å². The molecule has 1 aromatic rings. The predicted molar refractivity (Wildman–Crippen MR) is 65.3 cm³/mol. The van der Waals surface area contributed by atoms with Crippen LogP contribution in [0.25, 0.3) is 0 Å². The summed E-state index contributed by atoms with van der Waals surface area (Å²) >= 11 is 0. The van der Waals surface area contributed by atoms with Crippen molar-refractivity contribution < 1.29 is 9.18 Å². The van der Waals surface area contributed by atoms with Gasteiger partial charge in [0.05, 0.1) is 5.92 Å². The molecule has 1 aliphatic heterocycles. The van der Waals surface area contributed by atoms with Crippen LogP contribution in [0, 0.1) is 17.7 Å². The molecule has 2 atom stereocenters. The number of carbonyl (C=O) groups excluding carboxylic acids is 1. The second-order valence-electron chi connectivity index (χ2n) is 4.62. The van der Waals surface area contributed by atoms with Gasteiger partial charge in [-0.1, -0.05) is 6.92 Å². The first-order chi connectivity index (χ1) is 8.09. The average molecular weight is 236 g/mol. The molecule has 1 amide bonds. The molecule has 1 aromatic carbocycles. The number of halogens is 1. The van der Waals surface area contributed by atoms with Gasteiger partial charge >= 0.3 is 0 Å². The van der Waals surface area contributed by atoms with Crippen molar-refractivity contribution in [3.63, 3.8) is 0 Å². The Kier molecular flexibility index (Phi) is 3.43. The minimum absolute atomic E-state index is 0.0186. The smallest absolute Gasteiger partial charge is 0.231 e. The second-order valence-corrected chi connectivity index (χ2v) is 4.62. The Labute approximate surface area is 101 Å². The number of nitrogens with zero attached hydrogens (tertiary/aromatic N) is 1. The molecule has 0 aliphatic carbocycles. The highest BCUT2D eigenvalue weighted by atomic mass is 19.1. The van der Waals surface area contributed by atoms with Gasteiger partial charge < -0.3 is 10.2 Å². The molecule has 0 spiro atoms. The van der Waals surface area contributed by atoms with E-state index in [4.69, 9.17) is 0 Å². The summed E-state index contributed by atoms with van der Waals surface area (Å²) in [4.78, 5) is 13.8. The van der Waals surface area contributed by atoms with Crippen molar-refractivity contribution in [1.82, 2.24) is 5.32 Å². The van der Waals surface area contributed by atoms with Crippen LogP contribution in [0.1, 0.15) is 6.92 Å². The lowest BCUT2D eigenvalue weighted by Crippen LogP contribution is -2.36. The van der Waals surface area contributed by atoms with Gasteiger partial charge in [-0.2, -0.15) is 0 Å². The molecule has 0 radical (unpaired) electrons. The van der Waals surface area contributed by atoms with Gasteiger partial charge in [0.1, 0.15) is 5.82 Å². The van der Waals surface area contributed by atoms with Crippen molar-refractivity contribution in [3.05, 3.63) is 30.1 Å². The monoisotopic (exact) mass is 236 g/mol. The Morgan fingerprint density at radius 3 is 2.53 bits per heavy atom. The third-order valence-corrected chi connectivity index (χ3v) is 3.38. The largest absolute Gasteiger partial charge is 0.316 e. The van der Waals surface area contributed by atoms with Gasteiger partial charge in [-0.05, 0) is 36.7 Å². The van der Waals surface area contributed by atoms with E-state index in [9.17, 15) is 9.18 Å². The first kappa shape index (κ1) is 12.0. The predicted octanol–water partition coefficient (Wildman–Crippen LogP) is 1.64. The summed E-state index contributed by atoms with van der Waals surface area (Å²) < 4.78 is 12.8. The Morgan fingerprint density at radius 2 is 2.00 bits per heavy atom. The van der Waals surface area contributed by atoms with E-state index in [1.807, 2.05) is 0 Å². The van der Waals surface area contributed by atoms with Gasteiger partial charge in [0, 0.05) is 19.3 Å². The van der Waals surface area contributed by atoms with E-state index in [1.165, 1.54) is 12.1 Å². The Bertz CT molecular complexity index is 404. The Balaban J connectivity index is 2.11. The fourth-order valence-electron chi connectivity index (χ4n) is 2.18. The van der Waals surface area contributed by atoms with E-state index in [2.05, 4.69) is 12.2 Å². The number of hydrogen-bond donors (Lipinski definition) is 1. The highest BCUT2D eigenvalue weighted by Crippen LogP contribution is 2.22. The molecule has 0 aromatic heterocycles. The van der Waals surface area contributed by atoms with Crippen LogP contribution in [0.2, 0.25) is 0 Å². The summed E-state index contributed by atoms with van der Waals surface area (Å²) in [7, 11) is 1.74. The molecule has 1 fully saturated rings. The molecule has 0 saturated carbocycles. The van der Waals surface area contributed by atoms with Gasteiger partial charge in [0.25, 0.3) is 0 Å². The highest BCUT2D eigenvalue weighted by molar-refractivity contribution is 5.95. The summed E-state index contributed by atoms with van der Waals surface area (Å²) in [5, 5.41) is 3.21. The Hall–Kier alpha value is -1.42. The van der Waals surface area contributed by atoms with Crippen molar-refractivity contribution in [2.75, 3.05) is 25.0 Å². The molecular formula is C13H17FN2O. The third-order valence-electron chi connectivity index (χ3n) is 3.38. The van der Waals surface area contributed by atoms with Crippen molar-refractivity contribution >= 4 is 11.6 Å². The fourth-order valence-corrected chi connectivity index (χ4v) is 2.18. The van der Waals surface area contributed by atoms with Crippen LogP contribution in [-0.4, -0.2) is 26.0 Å². The number of carbonyl (C=O) groups is 1. The van der Waals surface area contributed by atoms with Crippen molar-refractivity contribution in [3.8, 4) is 0 Å². The Morgan fingerprint density at radius 1 is 1.35 bits per heavy atom. The van der Waals surface area contributed by atoms with Gasteiger partial charge in [0.2, 0.25) is 5.91 Å². The van der Waals surface area contributed by atoms with Crippen LogP contribution in [0.15, 0.2) is 24.3 Å². The van der Waals surface area contributed by atoms with Crippen LogP contribution in [0.3, 0.4) is 0 Å². The van der Waals surface area contributed by atoms with Crippen LogP contribution in [-0.2, 0) is 4.79 Å². The first-order valence-corrected chi connectivity index (χ1v) is 5.83. The quantitative estimate of drug-likeness (QED) is 0.846. The van der Waals surface area contributed by atoms with Gasteiger partial charge in [-0.3, -0.25) is 4.79 Å². The number of nitrogens with one attached hydrogen (secondary N) is 1. The molecule has 2 rings (SSSR count). The van der Waals surface area contributed by atoms with Crippen LogP contribution in [0.5, 0.6) is 0 Å². The summed E-state index contributed by atoms with van der Waals surface area (Å²) in [6, 6.07) is 5.99. The number of hydrogen-bond acceptors (Lipinski definition) is 2. The molecule has 1 heterocycles. The summed E-state index contributed by atoms with van der Waals surface area (Å²) in [6.07, 6.45) is 0. The van der Waals surface area contributed by atoms with E-state index in [1.54, 1.807) is 24.1 Å². The average Bonchev–Trinajstić information content (AvgIpc) is 2.74. The molecule has 1 saturated heterocycles. The topological polar surface area (TPSA) is 32.3 Å². The second kappa shape index (κ2) is 4.84. The van der Waals surface area contributed by atoms with E-state index >= 15 is 0 Å². The lowest BCUT2D eigenvalue weighted by molar-refractivity contribution is -0.122. The molecule has 0 bridgehead atoms. The van der Waals surface area contributed by atoms with E-state index in [0.717, 1.165) is 18.8 Å². The zero-order valence-corrected chi connectivity index (χ0v) is 10.1. The molecule has 1 N–H and O–H groups in total. The normalized spacial score (nSPS) is 23.7. The highest BCUT2D eigenvalue weighted by Gasteiger charge is 2.31. The number of benzene rings is 1. The van der Waals surface area contributed by atoms with Crippen molar-refractivity contribution in [2.24, 2.45) is 11.8 Å². The lowest BCUT2D eigenvalue weighted by Gasteiger charge is -2.23. The SMILES string of the molecule is CC1CNCC1C(=O)N(C)c1ccc(F)cc1. The number of rotatable bonds is 2. The van der Waals surface area contributed by atoms with Crippen molar-refractivity contribution in [2.45, 2.75) is 6.92 Å². The molecule has 4 heteroatoms. The fraction of sp³-hybridized carbons (Fsp3) is 0.462. The molecule has 3 nitrogen and oxygen atoms in total. The lowest BCUT2D eigenvalue weighted by atomic mass is 9.96. The molecule has 92 valence electrons. The maximum Gasteiger partial charge on any atom is 0.231 e. The van der Waals surface area contributed by atoms with Gasteiger partial charge in [0.15, 0.2) is 0 Å². The first-order valence-electron chi connectivity index (χ1n) is 5.83. The van der Waals surface area contributed by atoms with Crippen LogP contribution >= 0.6 is 0 Å². The standard InChI is InChI=1S/C13H17FN2O/c1-9-7-15-8-12(9)13(17)16(2)11-5-3-10(14)4-6-11/h3-6,9,12,15H,7-8H2,1-2H3. The summed E-state index contributed by atoms with van der Waals surface area (Å²) in [5.74, 6) is 0.176. The zero-order valence-electron chi connectivity index (χ0n) is 10.1. The van der Waals surface area contributed by atoms with Crippen LogP contribution < -0.4 is 10.2 Å². The van der Waals surface area contributed by atoms with Crippen molar-refractivity contribution in [1.29, 1.82) is 0 Å².